The molecule has 574 valence electrons. The highest BCUT2D eigenvalue weighted by Crippen LogP contribution is 2.51. The van der Waals surface area contributed by atoms with Gasteiger partial charge in [-0.25, -0.2) is 4.57 Å². The zero-order valence-electron chi connectivity index (χ0n) is 64.7. The van der Waals surface area contributed by atoms with Crippen LogP contribution in [0.1, 0.15) is 116 Å². The molecule has 0 heterocycles. The maximum Gasteiger partial charge on any atom is 0.335 e. The Morgan fingerprint density at radius 2 is 0.582 bits per heavy atom. The lowest BCUT2D eigenvalue weighted by Gasteiger charge is -2.26. The highest BCUT2D eigenvalue weighted by atomic mass is 31.2. The van der Waals surface area contributed by atoms with Crippen LogP contribution in [-0.4, -0.2) is 71.4 Å². The molecule has 0 aliphatic carbocycles. The minimum Gasteiger partial charge on any atom is -0.497 e. The van der Waals surface area contributed by atoms with E-state index in [4.69, 9.17) is 37.3 Å². The molecular formula is C92H103N3O13P2. The van der Waals surface area contributed by atoms with Crippen molar-refractivity contribution in [2.75, 3.05) is 69.6 Å². The van der Waals surface area contributed by atoms with Crippen molar-refractivity contribution in [3.63, 3.8) is 0 Å². The molecule has 2 N–H and O–H groups in total. The van der Waals surface area contributed by atoms with Gasteiger partial charge in [-0.15, -0.1) is 0 Å². The van der Waals surface area contributed by atoms with Crippen LogP contribution in [-0.2, 0) is 53.4 Å². The second-order valence-corrected chi connectivity index (χ2v) is 27.0. The average molecular weight is 1520 g/mol. The molecular weight excluding hydrogens is 1420 g/mol. The van der Waals surface area contributed by atoms with E-state index in [2.05, 4.69) is 150 Å². The van der Waals surface area contributed by atoms with Crippen molar-refractivity contribution in [2.45, 2.75) is 86.8 Å². The van der Waals surface area contributed by atoms with Crippen LogP contribution < -0.4 is 33.6 Å². The summed E-state index contributed by atoms with van der Waals surface area (Å²) in [6, 6.07) is 87.9. The SMILES string of the molecule is CCCCC.CCOCC.CCOP(=O)(Cc1ccc(COP=O)cc1)OCC.COc1ccc(N(c2ccc(/C=C/c3ccc(/C=C/c4ccc(N(c5ccc(CO)cc5)c5ccc(CO)cc5)cc4)cc3)cc2)c2ccc(OC)cc2)cc1.COc1ccc(N(c2ccc(C=O)cc2)c2ccc(OC)cc2)cc1. The number of ether oxygens (including phenoxy) is 5. The first kappa shape index (κ1) is 86.5. The van der Waals surface area contributed by atoms with Gasteiger partial charge in [0, 0.05) is 70.0 Å². The summed E-state index contributed by atoms with van der Waals surface area (Å²) in [6.07, 6.45) is 13.7. The number of nitrogens with zero attached hydrogens (tertiary/aromatic N) is 3. The van der Waals surface area contributed by atoms with Gasteiger partial charge in [-0.2, -0.15) is 0 Å². The van der Waals surface area contributed by atoms with E-state index in [1.807, 2.05) is 184 Å². The van der Waals surface area contributed by atoms with E-state index in [1.165, 1.54) is 19.3 Å². The molecule has 0 aromatic heterocycles. The van der Waals surface area contributed by atoms with Gasteiger partial charge in [0.05, 0.1) is 67.6 Å². The third-order valence-electron chi connectivity index (χ3n) is 17.0. The van der Waals surface area contributed by atoms with Crippen molar-refractivity contribution in [3.8, 4) is 23.0 Å². The topological polar surface area (TPSA) is 175 Å². The second-order valence-electron chi connectivity index (χ2n) is 24.6. The van der Waals surface area contributed by atoms with Crippen LogP contribution >= 0.6 is 16.3 Å². The van der Waals surface area contributed by atoms with Gasteiger partial charge < -0.3 is 57.6 Å². The molecule has 0 unspecified atom stereocenters. The molecule has 110 heavy (non-hydrogen) atoms. The standard InChI is InChI=1S/C50H44N2O4.C21H19NO3.C12H18O5P2.C5H12.C4H10O/c1-55-49-31-27-47(28-32-49)52(48-29-33-50(56-2)34-30-48)44-21-13-40(14-22-44)10-8-38-5-3-37(4-6-38)7-9-39-11-19-43(20-12-39)51(45-23-15-41(35-53)16-24-45)46-25-17-42(36-54)18-26-46;1-24-20-11-7-18(8-12-20)22(17-5-3-16(15-23)4-6-17)19-9-13-21(25-2)14-10-19;1-3-16-19(14,17-4-2)10-12-7-5-11(6-8-12)9-15-18-13;2*1-3-5-4-2/h3-34,53-54H,35-36H2,1-2H3;3-15H,1-2H3;5-8H,3-4,9-10H2,1-2H3;3-5H2,1-2H3;3-4H2,1-2H3/b9-7+,10-8+;;;;. The van der Waals surface area contributed by atoms with Gasteiger partial charge >= 0.3 is 16.3 Å². The van der Waals surface area contributed by atoms with E-state index in [0.29, 0.717) is 18.8 Å². The molecule has 0 aliphatic heterocycles. The van der Waals surface area contributed by atoms with Gasteiger partial charge in [0.2, 0.25) is 0 Å². The first-order valence-corrected chi connectivity index (χ1v) is 39.3. The van der Waals surface area contributed by atoms with Gasteiger partial charge in [0.15, 0.2) is 0 Å². The molecule has 0 saturated heterocycles. The molecule has 0 amide bonds. The minimum absolute atomic E-state index is 0.000227. The van der Waals surface area contributed by atoms with Gasteiger partial charge in [-0.3, -0.25) is 13.9 Å². The first-order valence-electron chi connectivity index (χ1n) is 36.8. The maximum atomic E-state index is 12.3. The van der Waals surface area contributed by atoms with Gasteiger partial charge in [0.1, 0.15) is 29.3 Å². The van der Waals surface area contributed by atoms with Crippen LogP contribution in [0.25, 0.3) is 24.3 Å². The zero-order chi connectivity index (χ0) is 78.7. The Bertz CT molecular complexity index is 4180. The second kappa shape index (κ2) is 47.9. The van der Waals surface area contributed by atoms with Crippen molar-refractivity contribution in [3.05, 3.63) is 317 Å². The summed E-state index contributed by atoms with van der Waals surface area (Å²) in [4.78, 5) is 17.4. The third-order valence-corrected chi connectivity index (χ3v) is 19.3. The number of unbranched alkanes of at least 4 members (excludes halogenated alkanes) is 2. The van der Waals surface area contributed by atoms with Crippen LogP contribution in [0.4, 0.5) is 51.2 Å². The number of aldehydes is 1. The number of hydrogen-bond acceptors (Lipinski definition) is 16. The van der Waals surface area contributed by atoms with E-state index >= 15 is 0 Å². The van der Waals surface area contributed by atoms with E-state index in [0.717, 1.165) is 138 Å². The van der Waals surface area contributed by atoms with E-state index in [1.54, 1.807) is 42.3 Å². The number of aliphatic hydroxyl groups is 2. The number of hydrogen-bond donors (Lipinski definition) is 2. The van der Waals surface area contributed by atoms with Crippen LogP contribution in [0.2, 0.25) is 0 Å². The average Bonchev–Trinajstić information content (AvgIpc) is 0.816. The molecule has 11 aromatic carbocycles. The lowest BCUT2D eigenvalue weighted by atomic mass is 10.1. The highest BCUT2D eigenvalue weighted by molar-refractivity contribution is 7.53. The number of carbonyl (C=O) groups excluding carboxylic acids is 1. The fourth-order valence-electron chi connectivity index (χ4n) is 11.2. The van der Waals surface area contributed by atoms with Gasteiger partial charge in [0.25, 0.3) is 0 Å². The van der Waals surface area contributed by atoms with Crippen molar-refractivity contribution < 1.29 is 61.4 Å². The van der Waals surface area contributed by atoms with Crippen LogP contribution in [0, 0.1) is 0 Å². The molecule has 11 aromatic rings. The number of methoxy groups -OCH3 is 4. The molecule has 0 aliphatic rings. The van der Waals surface area contributed by atoms with E-state index in [9.17, 15) is 24.1 Å². The monoisotopic (exact) mass is 1520 g/mol. The van der Waals surface area contributed by atoms with E-state index < -0.39 is 7.60 Å². The van der Waals surface area contributed by atoms with Crippen molar-refractivity contribution in [2.24, 2.45) is 0 Å². The van der Waals surface area contributed by atoms with Gasteiger partial charge in [-0.1, -0.05) is 154 Å². The summed E-state index contributed by atoms with van der Waals surface area (Å²) >= 11 is 0. The first-order chi connectivity index (χ1) is 53.7. The Kier molecular flexibility index (Phi) is 37.7. The predicted molar refractivity (Wildman–Crippen MR) is 452 cm³/mol. The molecule has 0 fully saturated rings. The molecule has 0 spiro atoms. The smallest absolute Gasteiger partial charge is 0.335 e. The van der Waals surface area contributed by atoms with E-state index in [-0.39, 0.29) is 34.7 Å². The molecule has 18 heteroatoms. The highest BCUT2D eigenvalue weighted by Gasteiger charge is 2.24. The Labute approximate surface area is 652 Å². The maximum absolute atomic E-state index is 12.3. The number of rotatable bonds is 33. The summed E-state index contributed by atoms with van der Waals surface area (Å²) < 4.78 is 63.8. The number of aliphatic hydroxyl groups excluding tert-OH is 2. The fourth-order valence-corrected chi connectivity index (χ4v) is 13.1. The molecule has 11 rings (SSSR count). The Morgan fingerprint density at radius 1 is 0.336 bits per heavy atom. The fraction of sp³-hybridized carbons (Fsp3) is 0.228. The zero-order valence-corrected chi connectivity index (χ0v) is 66.5. The predicted octanol–water partition coefficient (Wildman–Crippen LogP) is 24.4. The number of benzene rings is 11. The van der Waals surface area contributed by atoms with Crippen molar-refractivity contribution in [1.82, 2.24) is 0 Å². The number of anilines is 9. The molecule has 0 bridgehead atoms. The normalized spacial score (nSPS) is 10.8. The minimum atomic E-state index is -3.06. The molecule has 0 radical (unpaired) electrons. The summed E-state index contributed by atoms with van der Waals surface area (Å²) in [5, 5.41) is 19.1. The quantitative estimate of drug-likeness (QED) is 0.0226. The van der Waals surface area contributed by atoms with Crippen LogP contribution in [0.5, 0.6) is 23.0 Å². The molecule has 0 saturated carbocycles. The lowest BCUT2D eigenvalue weighted by molar-refractivity contribution is 0.112. The largest absolute Gasteiger partial charge is 0.497 e. The summed E-state index contributed by atoms with van der Waals surface area (Å²) in [5.41, 5.74) is 17.6. The van der Waals surface area contributed by atoms with Crippen molar-refractivity contribution >= 4 is 98.1 Å². The van der Waals surface area contributed by atoms with Crippen LogP contribution in [0.15, 0.2) is 267 Å². The van der Waals surface area contributed by atoms with Gasteiger partial charge in [-0.05, 0) is 242 Å². The van der Waals surface area contributed by atoms with Crippen LogP contribution in [0.3, 0.4) is 0 Å². The Balaban J connectivity index is 0.000000254. The summed E-state index contributed by atoms with van der Waals surface area (Å²) in [5.74, 6) is 3.23. The number of carbonyl (C=O) groups is 1. The molecule has 0 atom stereocenters. The molecule has 16 nitrogen and oxygen atoms in total. The summed E-state index contributed by atoms with van der Waals surface area (Å²) in [7, 11) is 3.25. The Morgan fingerprint density at radius 3 is 0.800 bits per heavy atom. The summed E-state index contributed by atoms with van der Waals surface area (Å²) in [6.45, 7) is 14.6. The van der Waals surface area contributed by atoms with Crippen molar-refractivity contribution in [1.29, 1.82) is 0 Å². The Hall–Kier alpha value is -10.7. The third kappa shape index (κ3) is 27.7. The lowest BCUT2D eigenvalue weighted by Crippen LogP contribution is -2.10.